The third-order valence-electron chi connectivity index (χ3n) is 5.35. The lowest BCUT2D eigenvalue weighted by Gasteiger charge is -2.23. The summed E-state index contributed by atoms with van der Waals surface area (Å²) in [5.41, 5.74) is 4.23. The van der Waals surface area contributed by atoms with Gasteiger partial charge in [-0.3, -0.25) is 9.10 Å². The molecule has 1 N–H and O–H groups in total. The van der Waals surface area contributed by atoms with Crippen molar-refractivity contribution in [1.29, 1.82) is 0 Å². The highest BCUT2D eigenvalue weighted by atomic mass is 35.5. The number of nitrogens with one attached hydrogen (secondary N) is 1. The monoisotopic (exact) mass is 567 g/mol. The molecule has 0 unspecified atom stereocenters. The van der Waals surface area contributed by atoms with Crippen LogP contribution in [0.2, 0.25) is 10.0 Å². The van der Waals surface area contributed by atoms with Crippen LogP contribution in [0.3, 0.4) is 0 Å². The standard InChI is InChI=1S/C28H23Cl2N3O4S/c29-23-8-6-9-24(17-23)33(38(35,36)26-10-2-1-3-11-26)19-28(34)32-31-18-21-13-15-25(16-14-21)37-20-22-7-4-5-12-27(22)30/h1-18H,19-20H2,(H,32,34). The highest BCUT2D eigenvalue weighted by molar-refractivity contribution is 7.92. The van der Waals surface area contributed by atoms with Crippen molar-refractivity contribution in [1.82, 2.24) is 5.43 Å². The average Bonchev–Trinajstić information content (AvgIpc) is 2.92. The zero-order valence-corrected chi connectivity index (χ0v) is 22.3. The van der Waals surface area contributed by atoms with Gasteiger partial charge >= 0.3 is 0 Å². The maximum atomic E-state index is 13.3. The van der Waals surface area contributed by atoms with Gasteiger partial charge in [0.05, 0.1) is 16.8 Å². The molecular weight excluding hydrogens is 545 g/mol. The summed E-state index contributed by atoms with van der Waals surface area (Å²) in [6.45, 7) is -0.165. The van der Waals surface area contributed by atoms with Crippen LogP contribution >= 0.6 is 23.2 Å². The van der Waals surface area contributed by atoms with E-state index in [0.717, 1.165) is 9.87 Å². The van der Waals surface area contributed by atoms with Crippen molar-refractivity contribution in [3.63, 3.8) is 0 Å². The number of anilines is 1. The summed E-state index contributed by atoms with van der Waals surface area (Å²) < 4.78 is 33.4. The first kappa shape index (κ1) is 27.2. The van der Waals surface area contributed by atoms with Crippen molar-refractivity contribution in [3.8, 4) is 5.75 Å². The van der Waals surface area contributed by atoms with E-state index in [-0.39, 0.29) is 10.6 Å². The van der Waals surface area contributed by atoms with Crippen molar-refractivity contribution >= 4 is 51.0 Å². The molecule has 4 aromatic rings. The molecule has 0 heterocycles. The van der Waals surface area contributed by atoms with Crippen LogP contribution in [0.25, 0.3) is 0 Å². The summed E-state index contributed by atoms with van der Waals surface area (Å²) in [5, 5.41) is 4.94. The van der Waals surface area contributed by atoms with Gasteiger partial charge in [-0.2, -0.15) is 5.10 Å². The Labute approximate surface area is 231 Å². The number of amides is 1. The Bertz CT molecular complexity index is 1530. The van der Waals surface area contributed by atoms with Gasteiger partial charge in [-0.25, -0.2) is 13.8 Å². The van der Waals surface area contributed by atoms with Crippen molar-refractivity contribution in [2.75, 3.05) is 10.8 Å². The van der Waals surface area contributed by atoms with Gasteiger partial charge in [0.2, 0.25) is 0 Å². The molecule has 1 amide bonds. The Morgan fingerprint density at radius 1 is 0.895 bits per heavy atom. The van der Waals surface area contributed by atoms with Crippen molar-refractivity contribution < 1.29 is 17.9 Å². The third kappa shape index (κ3) is 7.13. The highest BCUT2D eigenvalue weighted by Gasteiger charge is 2.27. The lowest BCUT2D eigenvalue weighted by Crippen LogP contribution is -2.39. The van der Waals surface area contributed by atoms with E-state index in [1.54, 1.807) is 66.7 Å². The number of hydrazone groups is 1. The first-order valence-corrected chi connectivity index (χ1v) is 13.6. The zero-order valence-electron chi connectivity index (χ0n) is 20.0. The Morgan fingerprint density at radius 3 is 2.32 bits per heavy atom. The summed E-state index contributed by atoms with van der Waals surface area (Å²) in [7, 11) is -4.04. The summed E-state index contributed by atoms with van der Waals surface area (Å²) in [6, 6.07) is 28.7. The molecule has 194 valence electrons. The largest absolute Gasteiger partial charge is 0.489 e. The number of halogens is 2. The number of sulfonamides is 1. The number of carbonyl (C=O) groups is 1. The van der Waals surface area contributed by atoms with Crippen LogP contribution in [-0.2, 0) is 21.4 Å². The SMILES string of the molecule is O=C(CN(c1cccc(Cl)c1)S(=O)(=O)c1ccccc1)NN=Cc1ccc(OCc2ccccc2Cl)cc1. The minimum atomic E-state index is -4.04. The molecule has 4 rings (SSSR count). The molecule has 38 heavy (non-hydrogen) atoms. The quantitative estimate of drug-likeness (QED) is 0.190. The molecule has 4 aromatic carbocycles. The fourth-order valence-electron chi connectivity index (χ4n) is 3.44. The average molecular weight is 568 g/mol. The summed E-state index contributed by atoms with van der Waals surface area (Å²) in [5.74, 6) is 0.0230. The van der Waals surface area contributed by atoms with Crippen molar-refractivity contribution in [2.24, 2.45) is 5.10 Å². The Balaban J connectivity index is 1.40. The minimum absolute atomic E-state index is 0.0492. The fraction of sp³-hybridized carbons (Fsp3) is 0.0714. The molecule has 10 heteroatoms. The molecule has 0 radical (unpaired) electrons. The lowest BCUT2D eigenvalue weighted by molar-refractivity contribution is -0.119. The number of nitrogens with zero attached hydrogens (tertiary/aromatic N) is 2. The van der Waals surface area contributed by atoms with Crippen molar-refractivity contribution in [2.45, 2.75) is 11.5 Å². The number of hydrogen-bond acceptors (Lipinski definition) is 5. The maximum Gasteiger partial charge on any atom is 0.264 e. The molecule has 0 saturated heterocycles. The predicted octanol–water partition coefficient (Wildman–Crippen LogP) is 5.92. The first-order chi connectivity index (χ1) is 18.3. The number of ether oxygens (including phenoxy) is 1. The molecule has 0 atom stereocenters. The number of hydrogen-bond donors (Lipinski definition) is 1. The van der Waals surface area contributed by atoms with E-state index in [2.05, 4.69) is 10.5 Å². The third-order valence-corrected chi connectivity index (χ3v) is 7.74. The molecule has 0 aliphatic carbocycles. The Kier molecular flexibility index (Phi) is 9.02. The second kappa shape index (κ2) is 12.6. The van der Waals surface area contributed by atoms with Gasteiger partial charge in [-0.05, 0) is 66.2 Å². The molecule has 0 aliphatic rings. The van der Waals surface area contributed by atoms with Crippen LogP contribution in [0.15, 0.2) is 113 Å². The Morgan fingerprint density at radius 2 is 1.61 bits per heavy atom. The van der Waals surface area contributed by atoms with E-state index in [1.165, 1.54) is 24.4 Å². The van der Waals surface area contributed by atoms with E-state index in [4.69, 9.17) is 27.9 Å². The van der Waals surface area contributed by atoms with Crippen LogP contribution in [0.4, 0.5) is 5.69 Å². The molecule has 0 aliphatic heterocycles. The molecule has 0 fully saturated rings. The maximum absolute atomic E-state index is 13.3. The minimum Gasteiger partial charge on any atom is -0.489 e. The number of rotatable bonds is 10. The smallest absolute Gasteiger partial charge is 0.264 e. The summed E-state index contributed by atoms with van der Waals surface area (Å²) >= 11 is 12.2. The van der Waals surface area contributed by atoms with Crippen LogP contribution in [-0.4, -0.2) is 27.1 Å². The van der Waals surface area contributed by atoms with Gasteiger partial charge < -0.3 is 4.74 Å². The summed E-state index contributed by atoms with van der Waals surface area (Å²) in [4.78, 5) is 12.7. The topological polar surface area (TPSA) is 88.1 Å². The molecule has 0 saturated carbocycles. The zero-order chi connectivity index (χ0) is 27.0. The van der Waals surface area contributed by atoms with Crippen molar-refractivity contribution in [3.05, 3.63) is 124 Å². The van der Waals surface area contributed by atoms with Crippen LogP contribution < -0.4 is 14.5 Å². The predicted molar refractivity (Wildman–Crippen MR) is 150 cm³/mol. The van der Waals surface area contributed by atoms with E-state index in [1.807, 2.05) is 18.2 Å². The van der Waals surface area contributed by atoms with E-state index < -0.39 is 22.5 Å². The van der Waals surface area contributed by atoms with Crippen LogP contribution in [0.5, 0.6) is 5.75 Å². The van der Waals surface area contributed by atoms with Gasteiger partial charge in [-0.1, -0.05) is 65.7 Å². The first-order valence-electron chi connectivity index (χ1n) is 11.4. The second-order valence-electron chi connectivity index (χ2n) is 8.05. The molecule has 7 nitrogen and oxygen atoms in total. The van der Waals surface area contributed by atoms with Crippen LogP contribution in [0, 0.1) is 0 Å². The van der Waals surface area contributed by atoms with Gasteiger partial charge in [0.15, 0.2) is 0 Å². The molecule has 0 bridgehead atoms. The molecule has 0 aromatic heterocycles. The summed E-state index contributed by atoms with van der Waals surface area (Å²) in [6.07, 6.45) is 1.45. The van der Waals surface area contributed by atoms with E-state index in [9.17, 15) is 13.2 Å². The van der Waals surface area contributed by atoms with E-state index in [0.29, 0.717) is 28.0 Å². The van der Waals surface area contributed by atoms with Gasteiger partial charge in [0.25, 0.3) is 15.9 Å². The number of carbonyl (C=O) groups excluding carboxylic acids is 1. The van der Waals surface area contributed by atoms with Crippen LogP contribution in [0.1, 0.15) is 11.1 Å². The normalized spacial score (nSPS) is 11.3. The molecular formula is C28H23Cl2N3O4S. The highest BCUT2D eigenvalue weighted by Crippen LogP contribution is 2.26. The Hall–Kier alpha value is -3.85. The van der Waals surface area contributed by atoms with E-state index >= 15 is 0 Å². The molecule has 0 spiro atoms. The van der Waals surface area contributed by atoms with Gasteiger partial charge in [0, 0.05) is 15.6 Å². The number of benzene rings is 4. The fourth-order valence-corrected chi connectivity index (χ4v) is 5.25. The van der Waals surface area contributed by atoms with Gasteiger partial charge in [-0.15, -0.1) is 0 Å². The lowest BCUT2D eigenvalue weighted by atomic mass is 10.2. The second-order valence-corrected chi connectivity index (χ2v) is 10.8. The van der Waals surface area contributed by atoms with Gasteiger partial charge in [0.1, 0.15) is 18.9 Å².